The lowest BCUT2D eigenvalue weighted by Gasteiger charge is -2.09. The molecule has 0 aliphatic rings. The highest BCUT2D eigenvalue weighted by Crippen LogP contribution is 2.21. The third-order valence-electron chi connectivity index (χ3n) is 2.58. The molecule has 96 valence electrons. The van der Waals surface area contributed by atoms with Crippen LogP contribution in [0.25, 0.3) is 0 Å². The topological polar surface area (TPSA) is 74.2 Å². The zero-order valence-corrected chi connectivity index (χ0v) is 10.2. The van der Waals surface area contributed by atoms with Gasteiger partial charge in [0.25, 0.3) is 0 Å². The largest absolute Gasteiger partial charge is 0.487 e. The van der Waals surface area contributed by atoms with Crippen molar-refractivity contribution in [3.8, 4) is 5.75 Å². The van der Waals surface area contributed by atoms with Crippen molar-refractivity contribution in [2.24, 2.45) is 5.73 Å². The van der Waals surface area contributed by atoms with E-state index in [-0.39, 0.29) is 18.5 Å². The lowest BCUT2D eigenvalue weighted by Crippen LogP contribution is -2.07. The summed E-state index contributed by atoms with van der Waals surface area (Å²) < 4.78 is 23.6. The molecule has 5 nitrogen and oxygen atoms in total. The van der Waals surface area contributed by atoms with Gasteiger partial charge in [-0.15, -0.1) is 0 Å². The molecule has 0 saturated carbocycles. The van der Waals surface area contributed by atoms with Crippen molar-refractivity contribution in [3.05, 3.63) is 41.0 Å². The molecule has 1 atom stereocenters. The molecule has 1 aromatic carbocycles. The molecule has 0 bridgehead atoms. The SMILES string of the molecule is Cc1nonc1COc1ccc(C(C)N)c(F)c1. The van der Waals surface area contributed by atoms with Crippen molar-refractivity contribution >= 4 is 0 Å². The second-order valence-corrected chi connectivity index (χ2v) is 4.06. The van der Waals surface area contributed by atoms with E-state index in [0.717, 1.165) is 0 Å². The van der Waals surface area contributed by atoms with Gasteiger partial charge in [0.05, 0.1) is 0 Å². The maximum atomic E-state index is 13.6. The number of rotatable bonds is 4. The van der Waals surface area contributed by atoms with Gasteiger partial charge < -0.3 is 10.5 Å². The van der Waals surface area contributed by atoms with Crippen LogP contribution in [0.2, 0.25) is 0 Å². The van der Waals surface area contributed by atoms with Crippen LogP contribution >= 0.6 is 0 Å². The molecule has 0 spiro atoms. The maximum absolute atomic E-state index is 13.6. The summed E-state index contributed by atoms with van der Waals surface area (Å²) in [4.78, 5) is 0. The summed E-state index contributed by atoms with van der Waals surface area (Å²) in [5.41, 5.74) is 7.33. The van der Waals surface area contributed by atoms with E-state index in [9.17, 15) is 4.39 Å². The second-order valence-electron chi connectivity index (χ2n) is 4.06. The van der Waals surface area contributed by atoms with Crippen LogP contribution in [0, 0.1) is 12.7 Å². The highest BCUT2D eigenvalue weighted by molar-refractivity contribution is 5.30. The average molecular weight is 251 g/mol. The summed E-state index contributed by atoms with van der Waals surface area (Å²) in [5, 5.41) is 7.30. The van der Waals surface area contributed by atoms with Crippen LogP contribution in [0.5, 0.6) is 5.75 Å². The Kier molecular flexibility index (Phi) is 3.57. The van der Waals surface area contributed by atoms with Gasteiger partial charge >= 0.3 is 0 Å². The zero-order valence-electron chi connectivity index (χ0n) is 10.2. The van der Waals surface area contributed by atoms with Crippen LogP contribution in [0.1, 0.15) is 29.9 Å². The molecule has 0 fully saturated rings. The number of hydrogen-bond donors (Lipinski definition) is 1. The van der Waals surface area contributed by atoms with E-state index in [2.05, 4.69) is 14.9 Å². The van der Waals surface area contributed by atoms with E-state index < -0.39 is 0 Å². The van der Waals surface area contributed by atoms with Crippen molar-refractivity contribution in [1.29, 1.82) is 0 Å². The molecule has 6 heteroatoms. The Hall–Kier alpha value is -1.95. The van der Waals surface area contributed by atoms with Crippen LogP contribution in [0.4, 0.5) is 4.39 Å². The monoisotopic (exact) mass is 251 g/mol. The number of aromatic nitrogens is 2. The molecule has 2 N–H and O–H groups in total. The first kappa shape index (κ1) is 12.5. The molecule has 0 aliphatic carbocycles. The van der Waals surface area contributed by atoms with Crippen molar-refractivity contribution in [1.82, 2.24) is 10.3 Å². The number of nitrogens with zero attached hydrogens (tertiary/aromatic N) is 2. The minimum atomic E-state index is -0.377. The second kappa shape index (κ2) is 5.14. The van der Waals surface area contributed by atoms with Crippen LogP contribution in [-0.4, -0.2) is 10.3 Å². The summed E-state index contributed by atoms with van der Waals surface area (Å²) in [6.45, 7) is 3.67. The first-order valence-electron chi connectivity index (χ1n) is 5.54. The summed E-state index contributed by atoms with van der Waals surface area (Å²) in [6, 6.07) is 4.25. The lowest BCUT2D eigenvalue weighted by molar-refractivity contribution is 0.269. The van der Waals surface area contributed by atoms with Gasteiger partial charge in [-0.25, -0.2) is 9.02 Å². The number of benzene rings is 1. The van der Waals surface area contributed by atoms with Gasteiger partial charge in [-0.1, -0.05) is 16.4 Å². The molecule has 0 radical (unpaired) electrons. The highest BCUT2D eigenvalue weighted by atomic mass is 19.1. The minimum absolute atomic E-state index is 0.187. The number of aryl methyl sites for hydroxylation is 1. The first-order valence-corrected chi connectivity index (χ1v) is 5.54. The number of nitrogens with two attached hydrogens (primary N) is 1. The number of ether oxygens (including phenoxy) is 1. The fourth-order valence-corrected chi connectivity index (χ4v) is 1.50. The summed E-state index contributed by atoms with van der Waals surface area (Å²) in [5.74, 6) is 0.0387. The van der Waals surface area contributed by atoms with Gasteiger partial charge in [0.15, 0.2) is 0 Å². The van der Waals surface area contributed by atoms with Gasteiger partial charge in [0, 0.05) is 17.7 Å². The van der Waals surface area contributed by atoms with E-state index in [1.54, 1.807) is 26.0 Å². The number of hydrogen-bond acceptors (Lipinski definition) is 5. The zero-order chi connectivity index (χ0) is 13.1. The molecule has 18 heavy (non-hydrogen) atoms. The molecular weight excluding hydrogens is 237 g/mol. The Balaban J connectivity index is 2.07. The Bertz CT molecular complexity index is 540. The quantitative estimate of drug-likeness (QED) is 0.900. The van der Waals surface area contributed by atoms with E-state index in [0.29, 0.717) is 22.7 Å². The summed E-state index contributed by atoms with van der Waals surface area (Å²) >= 11 is 0. The Morgan fingerprint density at radius 3 is 2.78 bits per heavy atom. The summed E-state index contributed by atoms with van der Waals surface area (Å²) in [7, 11) is 0. The molecular formula is C12H14FN3O2. The molecule has 0 amide bonds. The van der Waals surface area contributed by atoms with Crippen LogP contribution in [0.15, 0.2) is 22.8 Å². The summed E-state index contributed by atoms with van der Waals surface area (Å²) in [6.07, 6.45) is 0. The Morgan fingerprint density at radius 1 is 1.44 bits per heavy atom. The van der Waals surface area contributed by atoms with Crippen molar-refractivity contribution < 1.29 is 13.8 Å². The minimum Gasteiger partial charge on any atom is -0.487 e. The third-order valence-corrected chi connectivity index (χ3v) is 2.58. The first-order chi connectivity index (χ1) is 8.58. The smallest absolute Gasteiger partial charge is 0.145 e. The van der Waals surface area contributed by atoms with E-state index in [1.165, 1.54) is 6.07 Å². The van der Waals surface area contributed by atoms with Gasteiger partial charge in [-0.3, -0.25) is 0 Å². The normalized spacial score (nSPS) is 12.4. The molecule has 0 saturated heterocycles. The highest BCUT2D eigenvalue weighted by Gasteiger charge is 2.10. The van der Waals surface area contributed by atoms with Gasteiger partial charge in [0.1, 0.15) is 29.6 Å². The molecule has 1 aromatic heterocycles. The van der Waals surface area contributed by atoms with Gasteiger partial charge in [-0.2, -0.15) is 0 Å². The standard InChI is InChI=1S/C12H14FN3O2/c1-7(14)10-4-3-9(5-11(10)13)17-6-12-8(2)15-18-16-12/h3-5,7H,6,14H2,1-2H3. The van der Waals surface area contributed by atoms with Crippen LogP contribution in [-0.2, 0) is 6.61 Å². The molecule has 2 rings (SSSR count). The Labute approximate surface area is 104 Å². The predicted octanol–water partition coefficient (Wildman–Crippen LogP) is 2.12. The van der Waals surface area contributed by atoms with Crippen molar-refractivity contribution in [3.63, 3.8) is 0 Å². The van der Waals surface area contributed by atoms with Gasteiger partial charge in [-0.05, 0) is 19.9 Å². The molecule has 0 aliphatic heterocycles. The van der Waals surface area contributed by atoms with E-state index in [4.69, 9.17) is 10.5 Å². The van der Waals surface area contributed by atoms with Crippen molar-refractivity contribution in [2.45, 2.75) is 26.5 Å². The Morgan fingerprint density at radius 2 is 2.22 bits per heavy atom. The molecule has 2 aromatic rings. The fourth-order valence-electron chi connectivity index (χ4n) is 1.50. The predicted molar refractivity (Wildman–Crippen MR) is 62.4 cm³/mol. The number of halogens is 1. The maximum Gasteiger partial charge on any atom is 0.145 e. The van der Waals surface area contributed by atoms with E-state index >= 15 is 0 Å². The van der Waals surface area contributed by atoms with E-state index in [1.807, 2.05) is 0 Å². The third kappa shape index (κ3) is 2.65. The fraction of sp³-hybridized carbons (Fsp3) is 0.333. The van der Waals surface area contributed by atoms with Crippen LogP contribution < -0.4 is 10.5 Å². The van der Waals surface area contributed by atoms with Crippen LogP contribution in [0.3, 0.4) is 0 Å². The van der Waals surface area contributed by atoms with Crippen molar-refractivity contribution in [2.75, 3.05) is 0 Å². The van der Waals surface area contributed by atoms with Gasteiger partial charge in [0.2, 0.25) is 0 Å². The molecule has 1 unspecified atom stereocenters. The average Bonchev–Trinajstić information content (AvgIpc) is 2.72. The lowest BCUT2D eigenvalue weighted by atomic mass is 10.1. The molecule has 1 heterocycles.